The third-order valence-electron chi connectivity index (χ3n) is 4.04. The van der Waals surface area contributed by atoms with Crippen molar-refractivity contribution in [3.05, 3.63) is 10.1 Å². The van der Waals surface area contributed by atoms with Gasteiger partial charge in [0.05, 0.1) is 0 Å². The summed E-state index contributed by atoms with van der Waals surface area (Å²) in [5.74, 6) is 0. The lowest BCUT2D eigenvalue weighted by Crippen LogP contribution is -2.42. The zero-order valence-electron chi connectivity index (χ0n) is 9.39. The van der Waals surface area contributed by atoms with Crippen molar-refractivity contribution >= 4 is 0 Å². The molecule has 0 bridgehead atoms. The molecule has 2 fully saturated rings. The zero-order chi connectivity index (χ0) is 10.8. The number of nitro groups is 1. The van der Waals surface area contributed by atoms with Crippen LogP contribution in [0.2, 0.25) is 0 Å². The lowest BCUT2D eigenvalue weighted by molar-refractivity contribution is -0.526. The molecule has 1 heterocycles. The molecule has 1 aliphatic carbocycles. The summed E-state index contributed by atoms with van der Waals surface area (Å²) in [5.41, 5.74) is 0. The van der Waals surface area contributed by atoms with Crippen molar-refractivity contribution in [3.8, 4) is 0 Å². The highest BCUT2D eigenvalue weighted by atomic mass is 16.6. The van der Waals surface area contributed by atoms with Crippen molar-refractivity contribution in [2.24, 2.45) is 0 Å². The van der Waals surface area contributed by atoms with Crippen LogP contribution in [0, 0.1) is 10.1 Å². The maximum atomic E-state index is 10.6. The van der Waals surface area contributed by atoms with Crippen LogP contribution in [0.1, 0.15) is 45.4 Å². The largest absolute Gasteiger partial charge is 0.298 e. The van der Waals surface area contributed by atoms with Crippen LogP contribution >= 0.6 is 0 Å². The zero-order valence-corrected chi connectivity index (χ0v) is 9.39. The fourth-order valence-corrected chi connectivity index (χ4v) is 3.10. The van der Waals surface area contributed by atoms with Crippen LogP contribution in [-0.2, 0) is 0 Å². The molecule has 0 spiro atoms. The first-order chi connectivity index (χ1) is 7.18. The fraction of sp³-hybridized carbons (Fsp3) is 1.00. The minimum absolute atomic E-state index is 0.0936. The van der Waals surface area contributed by atoms with Crippen molar-refractivity contribution < 1.29 is 4.92 Å². The first-order valence-corrected chi connectivity index (χ1v) is 6.07. The quantitative estimate of drug-likeness (QED) is 0.520. The van der Waals surface area contributed by atoms with E-state index >= 15 is 0 Å². The molecule has 15 heavy (non-hydrogen) atoms. The molecule has 0 aromatic rings. The molecular weight excluding hydrogens is 192 g/mol. The summed E-state index contributed by atoms with van der Waals surface area (Å²) in [6, 6.07) is 1.06. The van der Waals surface area contributed by atoms with E-state index in [1.165, 1.54) is 19.4 Å². The fourth-order valence-electron chi connectivity index (χ4n) is 3.10. The van der Waals surface area contributed by atoms with Gasteiger partial charge in [0.25, 0.3) is 0 Å². The van der Waals surface area contributed by atoms with E-state index < -0.39 is 0 Å². The molecular formula is C11H20N2O2. The minimum Gasteiger partial charge on any atom is -0.298 e. The monoisotopic (exact) mass is 212 g/mol. The average molecular weight is 212 g/mol. The molecule has 1 saturated carbocycles. The predicted octanol–water partition coefficient (Wildman–Crippen LogP) is 2.06. The molecule has 1 atom stereocenters. The molecule has 1 unspecified atom stereocenters. The van der Waals surface area contributed by atoms with E-state index in [0.717, 1.165) is 25.7 Å². The number of nitrogens with zero attached hydrogens (tertiary/aromatic N) is 2. The maximum Gasteiger partial charge on any atom is 0.213 e. The first-order valence-electron chi connectivity index (χ1n) is 6.07. The molecule has 0 aromatic carbocycles. The van der Waals surface area contributed by atoms with E-state index in [9.17, 15) is 10.1 Å². The summed E-state index contributed by atoms with van der Waals surface area (Å²) in [6.45, 7) is 3.49. The standard InChI is InChI=1S/C11H20N2O2/c1-9-3-2-8-12(9)10-4-6-11(7-5-10)13(14)15/h9-11H,2-8H2,1H3. The molecule has 4 nitrogen and oxygen atoms in total. The van der Waals surface area contributed by atoms with Crippen molar-refractivity contribution in [2.75, 3.05) is 6.54 Å². The molecule has 1 saturated heterocycles. The highest BCUT2D eigenvalue weighted by Gasteiger charge is 2.34. The highest BCUT2D eigenvalue weighted by Crippen LogP contribution is 2.29. The number of likely N-dealkylation sites (tertiary alicyclic amines) is 1. The molecule has 86 valence electrons. The van der Waals surface area contributed by atoms with E-state index in [4.69, 9.17) is 0 Å². The van der Waals surface area contributed by atoms with Gasteiger partial charge >= 0.3 is 0 Å². The lowest BCUT2D eigenvalue weighted by Gasteiger charge is -2.34. The Morgan fingerprint density at radius 3 is 2.33 bits per heavy atom. The van der Waals surface area contributed by atoms with Gasteiger partial charge in [0.15, 0.2) is 0 Å². The van der Waals surface area contributed by atoms with Crippen LogP contribution in [0.4, 0.5) is 0 Å². The van der Waals surface area contributed by atoms with E-state index in [1.54, 1.807) is 0 Å². The third-order valence-corrected chi connectivity index (χ3v) is 4.04. The Kier molecular flexibility index (Phi) is 3.24. The van der Waals surface area contributed by atoms with Gasteiger partial charge in [0.1, 0.15) is 0 Å². The summed E-state index contributed by atoms with van der Waals surface area (Å²) in [7, 11) is 0. The minimum atomic E-state index is -0.265. The Balaban J connectivity index is 1.85. The summed E-state index contributed by atoms with van der Waals surface area (Å²) >= 11 is 0. The van der Waals surface area contributed by atoms with Crippen molar-refractivity contribution in [2.45, 2.75) is 63.6 Å². The molecule has 2 aliphatic rings. The van der Waals surface area contributed by atoms with Crippen LogP contribution in [-0.4, -0.2) is 34.5 Å². The smallest absolute Gasteiger partial charge is 0.213 e. The second-order valence-electron chi connectivity index (χ2n) is 4.98. The second kappa shape index (κ2) is 4.47. The summed E-state index contributed by atoms with van der Waals surface area (Å²) in [6.07, 6.45) is 6.21. The van der Waals surface area contributed by atoms with Gasteiger partial charge in [0.2, 0.25) is 6.04 Å². The normalized spacial score (nSPS) is 38.1. The van der Waals surface area contributed by atoms with Gasteiger partial charge in [-0.3, -0.25) is 15.0 Å². The first kappa shape index (κ1) is 10.9. The summed E-state index contributed by atoms with van der Waals surface area (Å²) < 4.78 is 0. The topological polar surface area (TPSA) is 46.4 Å². The predicted molar refractivity (Wildman–Crippen MR) is 58.4 cm³/mol. The molecule has 0 N–H and O–H groups in total. The lowest BCUT2D eigenvalue weighted by atomic mass is 9.90. The van der Waals surface area contributed by atoms with Gasteiger partial charge < -0.3 is 0 Å². The molecule has 0 radical (unpaired) electrons. The molecule has 1 aliphatic heterocycles. The van der Waals surface area contributed by atoms with Crippen LogP contribution in [0.25, 0.3) is 0 Å². The SMILES string of the molecule is CC1CCCN1C1CCC([N+](=O)[O-])CC1. The Morgan fingerprint density at radius 2 is 1.87 bits per heavy atom. The van der Waals surface area contributed by atoms with E-state index in [1.807, 2.05) is 0 Å². The molecule has 0 amide bonds. The van der Waals surface area contributed by atoms with Gasteiger partial charge in [-0.15, -0.1) is 0 Å². The number of hydrogen-bond acceptors (Lipinski definition) is 3. The van der Waals surface area contributed by atoms with Crippen LogP contribution in [0.15, 0.2) is 0 Å². The van der Waals surface area contributed by atoms with E-state index in [-0.39, 0.29) is 11.0 Å². The van der Waals surface area contributed by atoms with Crippen molar-refractivity contribution in [1.29, 1.82) is 0 Å². The Morgan fingerprint density at radius 1 is 1.20 bits per heavy atom. The third kappa shape index (κ3) is 2.30. The van der Waals surface area contributed by atoms with Crippen molar-refractivity contribution in [3.63, 3.8) is 0 Å². The number of rotatable bonds is 2. The maximum absolute atomic E-state index is 10.6. The van der Waals surface area contributed by atoms with Gasteiger partial charge in [-0.05, 0) is 39.2 Å². The Hall–Kier alpha value is -0.640. The van der Waals surface area contributed by atoms with Gasteiger partial charge in [-0.1, -0.05) is 0 Å². The Bertz CT molecular complexity index is 237. The van der Waals surface area contributed by atoms with Gasteiger partial charge in [-0.25, -0.2) is 0 Å². The van der Waals surface area contributed by atoms with Crippen LogP contribution < -0.4 is 0 Å². The van der Waals surface area contributed by atoms with Gasteiger partial charge in [-0.2, -0.15) is 0 Å². The number of hydrogen-bond donors (Lipinski definition) is 0. The van der Waals surface area contributed by atoms with Crippen LogP contribution in [0.3, 0.4) is 0 Å². The van der Waals surface area contributed by atoms with Crippen LogP contribution in [0.5, 0.6) is 0 Å². The molecule has 2 rings (SSSR count). The van der Waals surface area contributed by atoms with Crippen molar-refractivity contribution in [1.82, 2.24) is 4.90 Å². The molecule has 0 aromatic heterocycles. The molecule has 4 heteroatoms. The van der Waals surface area contributed by atoms with E-state index in [0.29, 0.717) is 12.1 Å². The summed E-state index contributed by atoms with van der Waals surface area (Å²) in [4.78, 5) is 13.1. The van der Waals surface area contributed by atoms with Gasteiger partial charge in [0, 0.05) is 29.8 Å². The Labute approximate surface area is 90.8 Å². The highest BCUT2D eigenvalue weighted by molar-refractivity contribution is 4.85. The average Bonchev–Trinajstić information content (AvgIpc) is 2.65. The summed E-state index contributed by atoms with van der Waals surface area (Å²) in [5, 5.41) is 10.6. The second-order valence-corrected chi connectivity index (χ2v) is 4.98. The van der Waals surface area contributed by atoms with E-state index in [2.05, 4.69) is 11.8 Å².